The Balaban J connectivity index is 1.33. The lowest BCUT2D eigenvalue weighted by molar-refractivity contribution is 1.19. The average Bonchev–Trinajstić information content (AvgIpc) is 3.64. The molecule has 176 valence electrons. The van der Waals surface area contributed by atoms with Crippen LogP contribution in [0.3, 0.4) is 0 Å². The van der Waals surface area contributed by atoms with E-state index in [1.807, 2.05) is 18.5 Å². The third-order valence-corrected chi connectivity index (χ3v) is 7.75. The van der Waals surface area contributed by atoms with Crippen LogP contribution in [0.5, 0.6) is 0 Å². The summed E-state index contributed by atoms with van der Waals surface area (Å²) in [6, 6.07) is 44.2. The van der Waals surface area contributed by atoms with Gasteiger partial charge in [0, 0.05) is 27.9 Å². The van der Waals surface area contributed by atoms with E-state index in [9.17, 15) is 0 Å². The molecule has 0 amide bonds. The molecule has 0 saturated carbocycles. The van der Waals surface area contributed by atoms with Gasteiger partial charge in [0.2, 0.25) is 0 Å². The van der Waals surface area contributed by atoms with Gasteiger partial charge >= 0.3 is 0 Å². The van der Waals surface area contributed by atoms with Crippen LogP contribution in [0.25, 0.3) is 65.7 Å². The van der Waals surface area contributed by atoms with E-state index in [1.54, 1.807) is 0 Å². The molecule has 0 atom stereocenters. The Morgan fingerprint density at radius 1 is 0.500 bits per heavy atom. The monoisotopic (exact) mass is 483 g/mol. The van der Waals surface area contributed by atoms with Crippen LogP contribution in [0, 0.1) is 0 Å². The van der Waals surface area contributed by atoms with Crippen molar-refractivity contribution in [1.29, 1.82) is 0 Å². The van der Waals surface area contributed by atoms with Gasteiger partial charge in [0.15, 0.2) is 0 Å². The average molecular weight is 484 g/mol. The van der Waals surface area contributed by atoms with Gasteiger partial charge in [-0.2, -0.15) is 0 Å². The van der Waals surface area contributed by atoms with Crippen molar-refractivity contribution in [3.05, 3.63) is 133 Å². The zero-order valence-corrected chi connectivity index (χ0v) is 20.7. The van der Waals surface area contributed by atoms with E-state index in [0.29, 0.717) is 0 Å². The second kappa shape index (κ2) is 8.18. The minimum atomic E-state index is 1.15. The number of benzene rings is 6. The lowest BCUT2D eigenvalue weighted by atomic mass is 9.97. The summed E-state index contributed by atoms with van der Waals surface area (Å²) in [7, 11) is 0. The van der Waals surface area contributed by atoms with Crippen molar-refractivity contribution in [2.75, 3.05) is 0 Å². The van der Waals surface area contributed by atoms with E-state index in [0.717, 1.165) is 5.57 Å². The van der Waals surface area contributed by atoms with Crippen molar-refractivity contribution in [2.24, 2.45) is 0 Å². The minimum Gasteiger partial charge on any atom is -0.309 e. The normalized spacial score (nSPS) is 12.8. The first-order valence-corrected chi connectivity index (χ1v) is 13.0. The van der Waals surface area contributed by atoms with Crippen LogP contribution in [0.1, 0.15) is 5.56 Å². The highest BCUT2D eigenvalue weighted by Gasteiger charge is 2.16. The van der Waals surface area contributed by atoms with Crippen LogP contribution in [-0.2, 0) is 0 Å². The fourth-order valence-corrected chi connectivity index (χ4v) is 5.87. The molecule has 0 spiro atoms. The van der Waals surface area contributed by atoms with E-state index in [2.05, 4.69) is 131 Å². The second-order valence-electron chi connectivity index (χ2n) is 9.91. The predicted molar refractivity (Wildman–Crippen MR) is 163 cm³/mol. The summed E-state index contributed by atoms with van der Waals surface area (Å²) < 4.78 is 6.63. The zero-order chi connectivity index (χ0) is 25.1. The van der Waals surface area contributed by atoms with E-state index in [4.69, 9.17) is 0 Å². The van der Waals surface area contributed by atoms with Crippen LogP contribution < -0.4 is 4.67 Å². The molecule has 1 aliphatic rings. The van der Waals surface area contributed by atoms with Crippen LogP contribution in [0.15, 0.2) is 127 Å². The number of rotatable bonds is 3. The van der Waals surface area contributed by atoms with Crippen LogP contribution in [-0.4, -0.2) is 17.0 Å². The highest BCUT2D eigenvalue weighted by Crippen LogP contribution is 2.38. The molecule has 1 aromatic heterocycles. The van der Waals surface area contributed by atoms with Crippen molar-refractivity contribution in [1.82, 2.24) is 9.24 Å². The molecule has 0 aliphatic carbocycles. The van der Waals surface area contributed by atoms with E-state index in [1.165, 1.54) is 65.7 Å². The largest absolute Gasteiger partial charge is 0.309 e. The Kier molecular flexibility index (Phi) is 4.51. The van der Waals surface area contributed by atoms with Gasteiger partial charge < -0.3 is 4.57 Å². The summed E-state index contributed by atoms with van der Waals surface area (Å²) in [5.41, 5.74) is 8.44. The first-order valence-electron chi connectivity index (χ1n) is 13.0. The van der Waals surface area contributed by atoms with Crippen molar-refractivity contribution < 1.29 is 0 Å². The Morgan fingerprint density at radius 3 is 2.11 bits per heavy atom. The minimum absolute atomic E-state index is 1.15. The summed E-state index contributed by atoms with van der Waals surface area (Å²) in [6.45, 7) is 0. The molecule has 0 N–H and O–H groups in total. The van der Waals surface area contributed by atoms with E-state index < -0.39 is 0 Å². The third kappa shape index (κ3) is 3.18. The number of nitrogens with zero attached hydrogens (tertiary/aromatic N) is 2. The van der Waals surface area contributed by atoms with Gasteiger partial charge in [0.25, 0.3) is 12.4 Å². The van der Waals surface area contributed by atoms with E-state index >= 15 is 0 Å². The van der Waals surface area contributed by atoms with Gasteiger partial charge in [0.05, 0.1) is 16.6 Å². The Hall–Kier alpha value is -5.17. The molecule has 0 bridgehead atoms. The predicted octanol–water partition coefficient (Wildman–Crippen LogP) is 8.36. The van der Waals surface area contributed by atoms with Crippen LogP contribution >= 0.6 is 0 Å². The molecule has 1 aliphatic heterocycles. The first-order chi connectivity index (χ1) is 18.8. The SMILES string of the molecule is C1=[N+]=CC(c2ccc(-c3ccc4c(ccc5c6ccccc6n(-c6ccc7ccccc7c6)c45)c3)cc2)=C1. The van der Waals surface area contributed by atoms with Gasteiger partial charge in [-0.25, -0.2) is 0 Å². The highest BCUT2D eigenvalue weighted by atomic mass is 15.0. The Morgan fingerprint density at radius 2 is 1.24 bits per heavy atom. The van der Waals surface area contributed by atoms with Crippen LogP contribution in [0.4, 0.5) is 0 Å². The summed E-state index contributed by atoms with van der Waals surface area (Å²) >= 11 is 0. The van der Waals surface area contributed by atoms with Crippen molar-refractivity contribution in [2.45, 2.75) is 0 Å². The number of aromatic nitrogens is 1. The van der Waals surface area contributed by atoms with Crippen molar-refractivity contribution in [3.63, 3.8) is 0 Å². The van der Waals surface area contributed by atoms with Crippen LogP contribution in [0.2, 0.25) is 0 Å². The molecule has 6 aromatic carbocycles. The Labute approximate surface area is 220 Å². The summed E-state index contributed by atoms with van der Waals surface area (Å²) in [5, 5.41) is 7.56. The number of fused-ring (bicyclic) bond motifs is 6. The molecule has 0 unspecified atom stereocenters. The number of hydrogen-bond donors (Lipinski definition) is 0. The molecule has 2 nitrogen and oxygen atoms in total. The summed E-state index contributed by atoms with van der Waals surface area (Å²) in [4.78, 5) is 0. The van der Waals surface area contributed by atoms with Gasteiger partial charge in [0.1, 0.15) is 0 Å². The molecule has 8 rings (SSSR count). The van der Waals surface area contributed by atoms with Crippen molar-refractivity contribution in [3.8, 4) is 16.8 Å². The first kappa shape index (κ1) is 21.0. The third-order valence-electron chi connectivity index (χ3n) is 7.75. The molecular formula is C36H23N2+. The molecule has 2 heterocycles. The summed E-state index contributed by atoms with van der Waals surface area (Å²) in [5.74, 6) is 0. The molecule has 38 heavy (non-hydrogen) atoms. The quantitative estimate of drug-likeness (QED) is 0.225. The Bertz CT molecular complexity index is 2150. The molecule has 7 aromatic rings. The topological polar surface area (TPSA) is 19.0 Å². The second-order valence-corrected chi connectivity index (χ2v) is 9.91. The molecule has 2 heteroatoms. The maximum absolute atomic E-state index is 4.20. The lowest BCUT2D eigenvalue weighted by Gasteiger charge is -2.12. The van der Waals surface area contributed by atoms with E-state index in [-0.39, 0.29) is 0 Å². The molecule has 0 fully saturated rings. The van der Waals surface area contributed by atoms with Gasteiger partial charge in [-0.05, 0) is 57.1 Å². The van der Waals surface area contributed by atoms with Crippen molar-refractivity contribution >= 4 is 61.4 Å². The summed E-state index contributed by atoms with van der Waals surface area (Å²) in [6.07, 6.45) is 5.79. The fraction of sp³-hybridized carbons (Fsp3) is 0. The van der Waals surface area contributed by atoms with Gasteiger partial charge in [-0.3, -0.25) is 0 Å². The smallest absolute Gasteiger partial charge is 0.300 e. The number of para-hydroxylation sites is 1. The standard InChI is InChI=1S/C36H23N2/c1-2-6-27-22-31(16-13-24(27)5-1)38-35-8-4-3-7-33(35)34-18-15-29-21-28(14-17-32(29)36(34)38)25-9-11-26(12-10-25)30-19-20-37-23-30/h1-23H/q+1. The number of hydrogen-bond acceptors (Lipinski definition) is 0. The molecule has 0 radical (unpaired) electrons. The zero-order valence-electron chi connectivity index (χ0n) is 20.7. The van der Waals surface area contributed by atoms with Gasteiger partial charge in [-0.15, -0.1) is 4.67 Å². The highest BCUT2D eigenvalue weighted by molar-refractivity contribution is 6.19. The fourth-order valence-electron chi connectivity index (χ4n) is 5.87. The lowest BCUT2D eigenvalue weighted by Crippen LogP contribution is -1.94. The maximum Gasteiger partial charge on any atom is 0.300 e. The number of allylic oxidation sites excluding steroid dienone is 2. The molecule has 0 saturated heterocycles. The van der Waals surface area contributed by atoms with Gasteiger partial charge in [-0.1, -0.05) is 97.1 Å². The molecular weight excluding hydrogens is 460 g/mol. The maximum atomic E-state index is 4.20.